The number of nitrogens with one attached hydrogen (secondary N) is 2. The molecule has 0 aliphatic heterocycles. The molecule has 0 heterocycles. The van der Waals surface area contributed by atoms with Crippen molar-refractivity contribution in [2.45, 2.75) is 44.6 Å². The zero-order valence-electron chi connectivity index (χ0n) is 14.8. The third-order valence-electron chi connectivity index (χ3n) is 4.22. The van der Waals surface area contributed by atoms with E-state index in [1.807, 2.05) is 0 Å². The third-order valence-corrected chi connectivity index (χ3v) is 4.22. The van der Waals surface area contributed by atoms with E-state index in [1.165, 1.54) is 25.7 Å². The van der Waals surface area contributed by atoms with Crippen LogP contribution in [0.15, 0.2) is 29.3 Å². The van der Waals surface area contributed by atoms with Crippen molar-refractivity contribution in [3.63, 3.8) is 0 Å². The summed E-state index contributed by atoms with van der Waals surface area (Å²) in [6, 6.07) is 7.49. The maximum atomic E-state index is 12.1. The Labute approximate surface area is 167 Å². The van der Waals surface area contributed by atoms with Crippen molar-refractivity contribution < 1.29 is 9.53 Å². The monoisotopic (exact) mass is 460 g/mol. The summed E-state index contributed by atoms with van der Waals surface area (Å²) in [5.41, 5.74) is 6.50. The first-order chi connectivity index (χ1) is 11.7. The molecule has 1 fully saturated rings. The molecule has 1 saturated carbocycles. The van der Waals surface area contributed by atoms with Gasteiger partial charge >= 0.3 is 0 Å². The zero-order chi connectivity index (χ0) is 17.2. The summed E-state index contributed by atoms with van der Waals surface area (Å²) in [7, 11) is 1.58. The molecule has 0 bridgehead atoms. The van der Waals surface area contributed by atoms with Gasteiger partial charge in [-0.1, -0.05) is 31.7 Å². The molecule has 0 aromatic heterocycles. The second kappa shape index (κ2) is 11.9. The van der Waals surface area contributed by atoms with Gasteiger partial charge < -0.3 is 21.1 Å². The number of rotatable bonds is 6. The highest BCUT2D eigenvalue weighted by atomic mass is 127. The molecule has 1 aromatic rings. The number of nitrogens with zero attached hydrogens (tertiary/aromatic N) is 1. The molecule has 1 aliphatic carbocycles. The van der Waals surface area contributed by atoms with Gasteiger partial charge in [-0.05, 0) is 31.0 Å². The fourth-order valence-corrected chi connectivity index (χ4v) is 2.89. The second-order valence-corrected chi connectivity index (χ2v) is 6.09. The number of benzene rings is 1. The molecule has 7 heteroatoms. The van der Waals surface area contributed by atoms with E-state index in [0.29, 0.717) is 36.4 Å². The summed E-state index contributed by atoms with van der Waals surface area (Å²) >= 11 is 0. The molecule has 25 heavy (non-hydrogen) atoms. The van der Waals surface area contributed by atoms with Crippen LogP contribution < -0.4 is 21.1 Å². The van der Waals surface area contributed by atoms with Gasteiger partial charge in [-0.25, -0.2) is 0 Å². The predicted octanol–water partition coefficient (Wildman–Crippen LogP) is 2.67. The summed E-state index contributed by atoms with van der Waals surface area (Å²) in [6.07, 6.45) is 7.44. The Morgan fingerprint density at radius 1 is 1.28 bits per heavy atom. The van der Waals surface area contributed by atoms with Crippen LogP contribution in [-0.4, -0.2) is 38.1 Å². The van der Waals surface area contributed by atoms with Gasteiger partial charge in [-0.2, -0.15) is 0 Å². The van der Waals surface area contributed by atoms with Crippen molar-refractivity contribution in [3.8, 4) is 5.75 Å². The molecule has 0 atom stereocenters. The highest BCUT2D eigenvalue weighted by Crippen LogP contribution is 2.16. The first-order valence-electron chi connectivity index (χ1n) is 8.68. The fourth-order valence-electron chi connectivity index (χ4n) is 2.89. The normalized spacial score (nSPS) is 15.6. The molecular weight excluding hydrogens is 431 g/mol. The van der Waals surface area contributed by atoms with Crippen LogP contribution >= 0.6 is 24.0 Å². The molecule has 6 nitrogen and oxygen atoms in total. The Bertz CT molecular complexity index is 558. The summed E-state index contributed by atoms with van der Waals surface area (Å²) < 4.78 is 5.12. The smallest absolute Gasteiger partial charge is 0.251 e. The lowest BCUT2D eigenvalue weighted by Crippen LogP contribution is -2.40. The molecule has 1 aliphatic rings. The SMILES string of the molecule is COc1cccc(C(=O)NCCN=C(N)NC2CCCCCC2)c1.I. The highest BCUT2D eigenvalue weighted by molar-refractivity contribution is 14.0. The maximum absolute atomic E-state index is 12.1. The Kier molecular flexibility index (Phi) is 10.3. The van der Waals surface area contributed by atoms with Crippen LogP contribution in [0.1, 0.15) is 48.9 Å². The van der Waals surface area contributed by atoms with Gasteiger partial charge in [0.15, 0.2) is 5.96 Å². The van der Waals surface area contributed by atoms with E-state index in [9.17, 15) is 4.79 Å². The minimum atomic E-state index is -0.139. The average Bonchev–Trinajstić information content (AvgIpc) is 2.87. The maximum Gasteiger partial charge on any atom is 0.251 e. The van der Waals surface area contributed by atoms with Gasteiger partial charge in [-0.3, -0.25) is 9.79 Å². The van der Waals surface area contributed by atoms with Crippen molar-refractivity contribution in [3.05, 3.63) is 29.8 Å². The van der Waals surface area contributed by atoms with Crippen LogP contribution in [0.4, 0.5) is 0 Å². The number of guanidine groups is 1. The Morgan fingerprint density at radius 2 is 2.00 bits per heavy atom. The van der Waals surface area contributed by atoms with Crippen molar-refractivity contribution in [2.24, 2.45) is 10.7 Å². The van der Waals surface area contributed by atoms with Crippen molar-refractivity contribution in [2.75, 3.05) is 20.2 Å². The molecule has 0 radical (unpaired) electrons. The van der Waals surface area contributed by atoms with E-state index in [0.717, 1.165) is 12.8 Å². The lowest BCUT2D eigenvalue weighted by atomic mass is 10.1. The van der Waals surface area contributed by atoms with Crippen molar-refractivity contribution in [1.29, 1.82) is 0 Å². The number of halogens is 1. The van der Waals surface area contributed by atoms with Crippen LogP contribution in [0.25, 0.3) is 0 Å². The summed E-state index contributed by atoms with van der Waals surface area (Å²) in [5, 5.41) is 6.13. The van der Waals surface area contributed by atoms with E-state index in [1.54, 1.807) is 31.4 Å². The summed E-state index contributed by atoms with van der Waals surface area (Å²) in [5.74, 6) is 0.995. The van der Waals surface area contributed by atoms with E-state index in [-0.39, 0.29) is 29.9 Å². The number of carbonyl (C=O) groups is 1. The number of aliphatic imine (C=N–C) groups is 1. The van der Waals surface area contributed by atoms with Crippen LogP contribution in [0.2, 0.25) is 0 Å². The van der Waals surface area contributed by atoms with Crippen LogP contribution in [-0.2, 0) is 0 Å². The predicted molar refractivity (Wildman–Crippen MR) is 112 cm³/mol. The molecule has 1 amide bonds. The zero-order valence-corrected chi connectivity index (χ0v) is 17.1. The lowest BCUT2D eigenvalue weighted by molar-refractivity contribution is 0.0954. The first kappa shape index (κ1) is 21.5. The Balaban J connectivity index is 0.00000312. The number of methoxy groups -OCH3 is 1. The van der Waals surface area contributed by atoms with Gasteiger partial charge in [0.05, 0.1) is 13.7 Å². The molecule has 0 spiro atoms. The Hall–Kier alpha value is -1.51. The van der Waals surface area contributed by atoms with Gasteiger partial charge in [0.2, 0.25) is 0 Å². The summed E-state index contributed by atoms with van der Waals surface area (Å²) in [6.45, 7) is 0.907. The number of ether oxygens (including phenoxy) is 1. The van der Waals surface area contributed by atoms with E-state index in [2.05, 4.69) is 15.6 Å². The van der Waals surface area contributed by atoms with E-state index in [4.69, 9.17) is 10.5 Å². The van der Waals surface area contributed by atoms with Gasteiger partial charge in [-0.15, -0.1) is 24.0 Å². The number of hydrogen-bond donors (Lipinski definition) is 3. The number of amides is 1. The van der Waals surface area contributed by atoms with Gasteiger partial charge in [0.25, 0.3) is 5.91 Å². The average molecular weight is 460 g/mol. The highest BCUT2D eigenvalue weighted by Gasteiger charge is 2.12. The third kappa shape index (κ3) is 7.94. The molecule has 0 unspecified atom stereocenters. The molecule has 0 saturated heterocycles. The fraction of sp³-hybridized carbons (Fsp3) is 0.556. The number of hydrogen-bond acceptors (Lipinski definition) is 3. The second-order valence-electron chi connectivity index (χ2n) is 6.09. The largest absolute Gasteiger partial charge is 0.497 e. The molecule has 4 N–H and O–H groups in total. The van der Waals surface area contributed by atoms with Crippen molar-refractivity contribution in [1.82, 2.24) is 10.6 Å². The summed E-state index contributed by atoms with van der Waals surface area (Å²) in [4.78, 5) is 16.3. The topological polar surface area (TPSA) is 88.7 Å². The first-order valence-corrected chi connectivity index (χ1v) is 8.68. The van der Waals surface area contributed by atoms with Gasteiger partial charge in [0.1, 0.15) is 5.75 Å². The van der Waals surface area contributed by atoms with E-state index < -0.39 is 0 Å². The van der Waals surface area contributed by atoms with Gasteiger partial charge in [0, 0.05) is 18.2 Å². The van der Waals surface area contributed by atoms with Crippen LogP contribution in [0, 0.1) is 0 Å². The standard InChI is InChI=1S/C18H28N4O2.HI/c1-24-16-10-6-7-14(13-16)17(23)20-11-12-21-18(19)22-15-8-4-2-3-5-9-15;/h6-7,10,13,15H,2-5,8-9,11-12H2,1H3,(H,20,23)(H3,19,21,22);1H. The number of nitrogens with two attached hydrogens (primary N) is 1. The van der Waals surface area contributed by atoms with Crippen LogP contribution in [0.5, 0.6) is 5.75 Å². The minimum Gasteiger partial charge on any atom is -0.497 e. The molecule has 140 valence electrons. The Morgan fingerprint density at radius 3 is 2.68 bits per heavy atom. The quantitative estimate of drug-likeness (QED) is 0.200. The van der Waals surface area contributed by atoms with E-state index >= 15 is 0 Å². The molecule has 2 rings (SSSR count). The number of carbonyl (C=O) groups excluding carboxylic acids is 1. The lowest BCUT2D eigenvalue weighted by Gasteiger charge is -2.16. The van der Waals surface area contributed by atoms with Crippen molar-refractivity contribution >= 4 is 35.8 Å². The minimum absolute atomic E-state index is 0. The molecular formula is C18H29IN4O2. The molecule has 1 aromatic carbocycles. The van der Waals surface area contributed by atoms with Crippen LogP contribution in [0.3, 0.4) is 0 Å².